The van der Waals surface area contributed by atoms with Crippen molar-refractivity contribution in [2.45, 2.75) is 6.92 Å². The van der Waals surface area contributed by atoms with Crippen LogP contribution in [0.1, 0.15) is 5.69 Å². The van der Waals surface area contributed by atoms with Crippen LogP contribution in [0.4, 0.5) is 0 Å². The average Bonchev–Trinajstić information content (AvgIpc) is 1.86. The Labute approximate surface area is 66.3 Å². The topological polar surface area (TPSA) is 42.9 Å². The molecule has 0 aliphatic rings. The molecule has 0 N–H and O–H groups in total. The van der Waals surface area contributed by atoms with Gasteiger partial charge in [-0.1, -0.05) is 0 Å². The molecule has 1 aromatic heterocycles. The van der Waals surface area contributed by atoms with Crippen molar-refractivity contribution in [1.82, 2.24) is 9.97 Å². The molecule has 1 heterocycles. The molecule has 0 radical (unpaired) electrons. The number of hydrogen-bond acceptors (Lipinski definition) is 3. The number of rotatable bonds is 1. The summed E-state index contributed by atoms with van der Waals surface area (Å²) in [7, 11) is -2.21. The quantitative estimate of drug-likeness (QED) is 0.591. The Morgan fingerprint density at radius 3 is 2.27 bits per heavy atom. The van der Waals surface area contributed by atoms with Gasteiger partial charge in [-0.05, 0) is 20.3 Å². The smallest absolute Gasteiger partial charge is 0.128 e. The predicted molar refractivity (Wildman–Crippen MR) is 45.9 cm³/mol. The molecule has 0 aliphatic carbocycles. The molecule has 0 amide bonds. The number of aryl methyl sites for hydroxylation is 1. The second kappa shape index (κ2) is 2.74. The number of hydrogen-bond donors (Lipinski definition) is 0. The van der Waals surface area contributed by atoms with E-state index in [1.165, 1.54) is 0 Å². The van der Waals surface area contributed by atoms with Gasteiger partial charge in [0, 0.05) is 6.20 Å². The molecule has 0 aliphatic heterocycles. The number of aromatic nitrogens is 2. The maximum Gasteiger partial charge on any atom is 0.128 e. The Balaban J connectivity index is 3.09. The van der Waals surface area contributed by atoms with Crippen molar-refractivity contribution in [2.24, 2.45) is 0 Å². The largest absolute Gasteiger partial charge is 0.318 e. The lowest BCUT2D eigenvalue weighted by atomic mass is 10.5. The van der Waals surface area contributed by atoms with Crippen LogP contribution in [0, 0.1) is 6.92 Å². The van der Waals surface area contributed by atoms with E-state index in [-0.39, 0.29) is 0 Å². The van der Waals surface area contributed by atoms with Crippen LogP contribution < -0.4 is 5.44 Å². The molecule has 0 spiro atoms. The Bertz CT molecular complexity index is 288. The zero-order chi connectivity index (χ0) is 8.48. The first-order valence-corrected chi connectivity index (χ1v) is 5.94. The average molecular weight is 170 g/mol. The third kappa shape index (κ3) is 2.12. The van der Waals surface area contributed by atoms with Crippen LogP contribution in [0.2, 0.25) is 0 Å². The summed E-state index contributed by atoms with van der Waals surface area (Å²) in [6, 6.07) is 0. The first-order chi connectivity index (χ1) is 5.00. The van der Waals surface area contributed by atoms with Crippen LogP contribution in [-0.4, -0.2) is 23.3 Å². The first-order valence-electron chi connectivity index (χ1n) is 3.34. The monoisotopic (exact) mass is 170 g/mol. The van der Waals surface area contributed by atoms with E-state index in [1.807, 2.05) is 6.92 Å². The van der Waals surface area contributed by atoms with E-state index in [9.17, 15) is 4.57 Å². The summed E-state index contributed by atoms with van der Waals surface area (Å²) in [6.45, 7) is 5.23. The van der Waals surface area contributed by atoms with Gasteiger partial charge in [0.1, 0.15) is 12.6 Å². The van der Waals surface area contributed by atoms with Gasteiger partial charge in [-0.25, -0.2) is 4.98 Å². The lowest BCUT2D eigenvalue weighted by molar-refractivity contribution is 0.587. The summed E-state index contributed by atoms with van der Waals surface area (Å²) >= 11 is 0. The minimum Gasteiger partial charge on any atom is -0.318 e. The number of nitrogens with zero attached hydrogens (tertiary/aromatic N) is 2. The van der Waals surface area contributed by atoms with Crippen molar-refractivity contribution < 1.29 is 4.57 Å². The van der Waals surface area contributed by atoms with Crippen LogP contribution in [-0.2, 0) is 4.57 Å². The van der Waals surface area contributed by atoms with E-state index in [0.717, 1.165) is 5.69 Å². The zero-order valence-electron chi connectivity index (χ0n) is 6.90. The van der Waals surface area contributed by atoms with Crippen LogP contribution in [0.15, 0.2) is 12.4 Å². The zero-order valence-corrected chi connectivity index (χ0v) is 7.80. The molecule has 60 valence electrons. The lowest BCUT2D eigenvalue weighted by Crippen LogP contribution is -2.08. The molecule has 0 saturated carbocycles. The first kappa shape index (κ1) is 8.41. The van der Waals surface area contributed by atoms with Crippen molar-refractivity contribution in [1.29, 1.82) is 0 Å². The van der Waals surface area contributed by atoms with Gasteiger partial charge in [0.05, 0.1) is 11.9 Å². The molecular formula is C7H11N2OP. The molecule has 1 rings (SSSR count). The predicted octanol–water partition coefficient (Wildman–Crippen LogP) is 1.03. The summed E-state index contributed by atoms with van der Waals surface area (Å²) in [6.07, 6.45) is 3.21. The molecule has 0 fully saturated rings. The van der Waals surface area contributed by atoms with Crippen molar-refractivity contribution in [2.75, 3.05) is 13.3 Å². The van der Waals surface area contributed by atoms with E-state index in [2.05, 4.69) is 9.97 Å². The fourth-order valence-electron chi connectivity index (χ4n) is 0.664. The highest BCUT2D eigenvalue weighted by molar-refractivity contribution is 7.69. The molecule has 0 bridgehead atoms. The highest BCUT2D eigenvalue weighted by Crippen LogP contribution is 2.32. The van der Waals surface area contributed by atoms with Crippen LogP contribution >= 0.6 is 7.14 Å². The minimum atomic E-state index is -2.21. The molecular weight excluding hydrogens is 159 g/mol. The van der Waals surface area contributed by atoms with Gasteiger partial charge in [0.2, 0.25) is 0 Å². The van der Waals surface area contributed by atoms with Gasteiger partial charge >= 0.3 is 0 Å². The lowest BCUT2D eigenvalue weighted by Gasteiger charge is -2.03. The van der Waals surface area contributed by atoms with Gasteiger partial charge in [-0.2, -0.15) is 0 Å². The molecule has 0 atom stereocenters. The maximum atomic E-state index is 11.4. The third-order valence-corrected chi connectivity index (χ3v) is 2.65. The fourth-order valence-corrected chi connectivity index (χ4v) is 1.34. The molecule has 3 nitrogen and oxygen atoms in total. The molecule has 0 aromatic carbocycles. The van der Waals surface area contributed by atoms with E-state index >= 15 is 0 Å². The Hall–Kier alpha value is -0.690. The summed E-state index contributed by atoms with van der Waals surface area (Å²) in [5.74, 6) is 0. The molecule has 11 heavy (non-hydrogen) atoms. The standard InChI is InChI=1S/C7H11N2OP/c1-6-4-9-7(5-8-6)11(2,3)10/h4-5H,1-3H3. The van der Waals surface area contributed by atoms with Crippen LogP contribution in [0.3, 0.4) is 0 Å². The fraction of sp³-hybridized carbons (Fsp3) is 0.429. The van der Waals surface area contributed by atoms with Crippen molar-refractivity contribution in [3.63, 3.8) is 0 Å². The van der Waals surface area contributed by atoms with Gasteiger partial charge in [-0.15, -0.1) is 0 Å². The molecule has 1 aromatic rings. The van der Waals surface area contributed by atoms with E-state index in [1.54, 1.807) is 25.7 Å². The third-order valence-electron chi connectivity index (χ3n) is 1.32. The normalized spacial score (nSPS) is 11.5. The summed E-state index contributed by atoms with van der Waals surface area (Å²) < 4.78 is 11.4. The minimum absolute atomic E-state index is 0.600. The van der Waals surface area contributed by atoms with Gasteiger partial charge in [-0.3, -0.25) is 4.98 Å². The SMILES string of the molecule is Cc1cnc(P(C)(C)=O)cn1. The van der Waals surface area contributed by atoms with Crippen LogP contribution in [0.25, 0.3) is 0 Å². The highest BCUT2D eigenvalue weighted by Gasteiger charge is 2.11. The molecule has 0 saturated heterocycles. The Morgan fingerprint density at radius 1 is 1.27 bits per heavy atom. The summed E-state index contributed by atoms with van der Waals surface area (Å²) in [5.41, 5.74) is 1.45. The molecule has 4 heteroatoms. The van der Waals surface area contributed by atoms with E-state index < -0.39 is 7.14 Å². The van der Waals surface area contributed by atoms with Gasteiger partial charge in [0.15, 0.2) is 0 Å². The van der Waals surface area contributed by atoms with Gasteiger partial charge in [0.25, 0.3) is 0 Å². The highest BCUT2D eigenvalue weighted by atomic mass is 31.2. The van der Waals surface area contributed by atoms with E-state index in [4.69, 9.17) is 0 Å². The van der Waals surface area contributed by atoms with Crippen molar-refractivity contribution >= 4 is 12.6 Å². The van der Waals surface area contributed by atoms with E-state index in [0.29, 0.717) is 5.44 Å². The summed E-state index contributed by atoms with van der Waals surface area (Å²) in [5, 5.41) is 0. The maximum absolute atomic E-state index is 11.4. The molecule has 0 unspecified atom stereocenters. The van der Waals surface area contributed by atoms with Crippen molar-refractivity contribution in [3.8, 4) is 0 Å². The van der Waals surface area contributed by atoms with Crippen molar-refractivity contribution in [3.05, 3.63) is 18.1 Å². The second-order valence-electron chi connectivity index (χ2n) is 2.87. The second-order valence-corrected chi connectivity index (χ2v) is 6.03. The van der Waals surface area contributed by atoms with Crippen LogP contribution in [0.5, 0.6) is 0 Å². The Morgan fingerprint density at radius 2 is 1.91 bits per heavy atom. The Kier molecular flexibility index (Phi) is 2.10. The summed E-state index contributed by atoms with van der Waals surface area (Å²) in [4.78, 5) is 8.03. The van der Waals surface area contributed by atoms with Gasteiger partial charge < -0.3 is 4.57 Å².